The van der Waals surface area contributed by atoms with Gasteiger partial charge in [0.15, 0.2) is 0 Å². The standard InChI is InChI=1S/C28H30N6O2/c1-17-8-10-34-24(14-29-26(34)12-17)20-4-6-22(27-21(20)13-30-28(27)35)31-25-7-5-19(18-9-11-36-16-18)23(32-25)15-33(2)3/h4-8,10,12,14,18H,9,11,13,15-16H2,1-3H3,(H,30,35)(H,31,32). The van der Waals surface area contributed by atoms with Crippen LogP contribution in [0.15, 0.2) is 48.8 Å². The number of ether oxygens (including phenoxy) is 1. The second-order valence-electron chi connectivity index (χ2n) is 9.93. The maximum absolute atomic E-state index is 12.9. The van der Waals surface area contributed by atoms with E-state index in [2.05, 4.69) is 56.1 Å². The number of carbonyl (C=O) groups excluding carboxylic acids is 1. The number of carbonyl (C=O) groups is 1. The van der Waals surface area contributed by atoms with Crippen molar-refractivity contribution in [2.75, 3.05) is 32.6 Å². The number of nitrogens with one attached hydrogen (secondary N) is 2. The molecule has 8 nitrogen and oxygen atoms in total. The van der Waals surface area contributed by atoms with Crippen LogP contribution in [0, 0.1) is 6.92 Å². The highest BCUT2D eigenvalue weighted by molar-refractivity contribution is 6.06. The maximum atomic E-state index is 12.9. The summed E-state index contributed by atoms with van der Waals surface area (Å²) in [4.78, 5) is 24.6. The smallest absolute Gasteiger partial charge is 0.254 e. The van der Waals surface area contributed by atoms with Crippen LogP contribution >= 0.6 is 0 Å². The summed E-state index contributed by atoms with van der Waals surface area (Å²) in [5.41, 5.74) is 8.71. The van der Waals surface area contributed by atoms with E-state index in [1.807, 2.05) is 38.6 Å². The Morgan fingerprint density at radius 1 is 1.22 bits per heavy atom. The van der Waals surface area contributed by atoms with Gasteiger partial charge in [-0.3, -0.25) is 9.20 Å². The number of aryl methyl sites for hydroxylation is 1. The van der Waals surface area contributed by atoms with Gasteiger partial charge in [-0.05, 0) is 68.4 Å². The van der Waals surface area contributed by atoms with Gasteiger partial charge in [-0.1, -0.05) is 12.1 Å². The number of pyridine rings is 2. The maximum Gasteiger partial charge on any atom is 0.254 e. The third kappa shape index (κ3) is 4.02. The summed E-state index contributed by atoms with van der Waals surface area (Å²) in [5, 5.41) is 6.44. The number of hydrogen-bond donors (Lipinski definition) is 2. The van der Waals surface area contributed by atoms with E-state index in [9.17, 15) is 4.79 Å². The Labute approximate surface area is 210 Å². The molecule has 1 atom stereocenters. The van der Waals surface area contributed by atoms with Gasteiger partial charge in [0.2, 0.25) is 0 Å². The van der Waals surface area contributed by atoms with Crippen molar-refractivity contribution in [3.05, 3.63) is 76.7 Å². The molecule has 6 rings (SSSR count). The van der Waals surface area contributed by atoms with E-state index in [0.717, 1.165) is 71.4 Å². The van der Waals surface area contributed by atoms with Crippen LogP contribution in [-0.4, -0.2) is 52.5 Å². The van der Waals surface area contributed by atoms with Gasteiger partial charge < -0.3 is 20.3 Å². The molecular weight excluding hydrogens is 452 g/mol. The van der Waals surface area contributed by atoms with Crippen molar-refractivity contribution < 1.29 is 9.53 Å². The molecule has 2 N–H and O–H groups in total. The van der Waals surface area contributed by atoms with Crippen LogP contribution in [-0.2, 0) is 17.8 Å². The highest BCUT2D eigenvalue weighted by Gasteiger charge is 2.28. The topological polar surface area (TPSA) is 83.8 Å². The first kappa shape index (κ1) is 22.7. The van der Waals surface area contributed by atoms with Gasteiger partial charge in [0.25, 0.3) is 5.91 Å². The third-order valence-corrected chi connectivity index (χ3v) is 7.02. The molecule has 5 heterocycles. The second-order valence-corrected chi connectivity index (χ2v) is 9.93. The number of rotatable bonds is 6. The highest BCUT2D eigenvalue weighted by Crippen LogP contribution is 2.36. The van der Waals surface area contributed by atoms with E-state index in [0.29, 0.717) is 18.0 Å². The zero-order valence-corrected chi connectivity index (χ0v) is 20.8. The Morgan fingerprint density at radius 2 is 2.11 bits per heavy atom. The fourth-order valence-corrected chi connectivity index (χ4v) is 5.27. The summed E-state index contributed by atoms with van der Waals surface area (Å²) in [6.07, 6.45) is 4.93. The molecule has 1 saturated heterocycles. The zero-order valence-electron chi connectivity index (χ0n) is 20.8. The fourth-order valence-electron chi connectivity index (χ4n) is 5.27. The lowest BCUT2D eigenvalue weighted by Gasteiger charge is -2.19. The lowest BCUT2D eigenvalue weighted by molar-refractivity contribution is 0.0966. The molecule has 36 heavy (non-hydrogen) atoms. The monoisotopic (exact) mass is 482 g/mol. The third-order valence-electron chi connectivity index (χ3n) is 7.02. The number of aromatic nitrogens is 3. The Balaban J connectivity index is 1.38. The van der Waals surface area contributed by atoms with Crippen LogP contribution in [0.4, 0.5) is 11.5 Å². The minimum atomic E-state index is -0.0766. The van der Waals surface area contributed by atoms with Crippen LogP contribution in [0.25, 0.3) is 16.9 Å². The minimum Gasteiger partial charge on any atom is -0.381 e. The minimum absolute atomic E-state index is 0.0766. The molecule has 2 aliphatic rings. The molecule has 1 unspecified atom stereocenters. The van der Waals surface area contributed by atoms with Gasteiger partial charge in [-0.25, -0.2) is 9.97 Å². The first-order valence-corrected chi connectivity index (χ1v) is 12.4. The predicted molar refractivity (Wildman–Crippen MR) is 140 cm³/mol. The Hall–Kier alpha value is -3.75. The molecule has 2 aliphatic heterocycles. The lowest BCUT2D eigenvalue weighted by Crippen LogP contribution is -2.16. The van der Waals surface area contributed by atoms with E-state index < -0.39 is 0 Å². The van der Waals surface area contributed by atoms with E-state index in [-0.39, 0.29) is 5.91 Å². The molecule has 1 aromatic carbocycles. The molecular formula is C28H30N6O2. The Bertz CT molecular complexity index is 1470. The van der Waals surface area contributed by atoms with Crippen LogP contribution in [0.3, 0.4) is 0 Å². The van der Waals surface area contributed by atoms with Gasteiger partial charge in [-0.2, -0.15) is 0 Å². The zero-order chi connectivity index (χ0) is 24.8. The number of benzene rings is 1. The predicted octanol–water partition coefficient (Wildman–Crippen LogP) is 4.26. The molecule has 184 valence electrons. The molecule has 0 aliphatic carbocycles. The van der Waals surface area contributed by atoms with Crippen molar-refractivity contribution in [3.63, 3.8) is 0 Å². The van der Waals surface area contributed by atoms with E-state index in [1.165, 1.54) is 5.56 Å². The van der Waals surface area contributed by atoms with Crippen molar-refractivity contribution in [1.29, 1.82) is 0 Å². The van der Waals surface area contributed by atoms with Crippen LogP contribution in [0.2, 0.25) is 0 Å². The number of nitrogens with zero attached hydrogens (tertiary/aromatic N) is 4. The summed E-state index contributed by atoms with van der Waals surface area (Å²) in [6, 6.07) is 12.3. The molecule has 0 bridgehead atoms. The van der Waals surface area contributed by atoms with E-state index >= 15 is 0 Å². The summed E-state index contributed by atoms with van der Waals surface area (Å²) in [6.45, 7) is 4.82. The molecule has 3 aromatic heterocycles. The number of anilines is 2. The van der Waals surface area contributed by atoms with Crippen molar-refractivity contribution in [1.82, 2.24) is 24.6 Å². The number of amides is 1. The van der Waals surface area contributed by atoms with Crippen molar-refractivity contribution >= 4 is 23.1 Å². The Morgan fingerprint density at radius 3 is 2.92 bits per heavy atom. The van der Waals surface area contributed by atoms with Crippen molar-refractivity contribution in [2.45, 2.75) is 32.4 Å². The highest BCUT2D eigenvalue weighted by atomic mass is 16.5. The summed E-state index contributed by atoms with van der Waals surface area (Å²) in [7, 11) is 4.10. The second kappa shape index (κ2) is 9.04. The van der Waals surface area contributed by atoms with Crippen LogP contribution in [0.1, 0.15) is 45.1 Å². The molecule has 0 saturated carbocycles. The lowest BCUT2D eigenvalue weighted by atomic mass is 9.96. The first-order chi connectivity index (χ1) is 17.5. The average molecular weight is 483 g/mol. The SMILES string of the molecule is Cc1ccn2c(-c3ccc(Nc4ccc(C5CCOC5)c(CN(C)C)n4)c4c3CNC4=O)cnc2c1. The van der Waals surface area contributed by atoms with Gasteiger partial charge >= 0.3 is 0 Å². The van der Waals surface area contributed by atoms with Gasteiger partial charge in [0.1, 0.15) is 11.5 Å². The number of imidazole rings is 1. The molecule has 4 aromatic rings. The van der Waals surface area contributed by atoms with Gasteiger partial charge in [0, 0.05) is 37.4 Å². The van der Waals surface area contributed by atoms with Crippen molar-refractivity contribution in [3.8, 4) is 11.3 Å². The van der Waals surface area contributed by atoms with Crippen LogP contribution in [0.5, 0.6) is 0 Å². The van der Waals surface area contributed by atoms with Crippen LogP contribution < -0.4 is 10.6 Å². The molecule has 8 heteroatoms. The number of hydrogen-bond acceptors (Lipinski definition) is 6. The molecule has 1 fully saturated rings. The Kier molecular flexibility index (Phi) is 5.70. The fraction of sp³-hybridized carbons (Fsp3) is 0.321. The summed E-state index contributed by atoms with van der Waals surface area (Å²) >= 11 is 0. The van der Waals surface area contributed by atoms with Gasteiger partial charge in [-0.15, -0.1) is 0 Å². The van der Waals surface area contributed by atoms with Gasteiger partial charge in [0.05, 0.1) is 35.4 Å². The number of fused-ring (bicyclic) bond motifs is 2. The molecule has 0 spiro atoms. The normalized spacial score (nSPS) is 17.1. The molecule has 1 amide bonds. The quantitative estimate of drug-likeness (QED) is 0.427. The summed E-state index contributed by atoms with van der Waals surface area (Å²) < 4.78 is 7.69. The largest absolute Gasteiger partial charge is 0.381 e. The van der Waals surface area contributed by atoms with E-state index in [1.54, 1.807) is 0 Å². The first-order valence-electron chi connectivity index (χ1n) is 12.4. The molecule has 0 radical (unpaired) electrons. The van der Waals surface area contributed by atoms with Crippen molar-refractivity contribution in [2.24, 2.45) is 0 Å². The average Bonchev–Trinajstić information content (AvgIpc) is 3.60. The van der Waals surface area contributed by atoms with E-state index in [4.69, 9.17) is 9.72 Å². The summed E-state index contributed by atoms with van der Waals surface area (Å²) in [5.74, 6) is 1.03.